The fraction of sp³-hybridized carbons (Fsp3) is 0.294. The van der Waals surface area contributed by atoms with Gasteiger partial charge >= 0.3 is 0 Å². The van der Waals surface area contributed by atoms with E-state index in [0.717, 1.165) is 27.8 Å². The normalized spacial score (nSPS) is 14.4. The van der Waals surface area contributed by atoms with Crippen LogP contribution in [0.4, 0.5) is 10.5 Å². The summed E-state index contributed by atoms with van der Waals surface area (Å²) >= 11 is 0.969. The summed E-state index contributed by atoms with van der Waals surface area (Å²) in [6, 6.07) is 7.43. The number of rotatable bonds is 6. The summed E-state index contributed by atoms with van der Waals surface area (Å²) in [6.45, 7) is 4.29. The Bertz CT molecular complexity index is 767. The van der Waals surface area contributed by atoms with Crippen LogP contribution in [0.3, 0.4) is 0 Å². The van der Waals surface area contributed by atoms with Crippen LogP contribution < -0.4 is 10.6 Å². The molecule has 1 aromatic rings. The van der Waals surface area contributed by atoms with Crippen molar-refractivity contribution >= 4 is 34.5 Å². The van der Waals surface area contributed by atoms with Crippen LogP contribution in [0.15, 0.2) is 30.0 Å². The first-order valence-electron chi connectivity index (χ1n) is 7.61. The van der Waals surface area contributed by atoms with Gasteiger partial charge in [0.15, 0.2) is 0 Å². The number of imide groups is 1. The minimum Gasteiger partial charge on any atom is -0.388 e. The van der Waals surface area contributed by atoms with Crippen molar-refractivity contribution in [1.82, 2.24) is 10.2 Å². The summed E-state index contributed by atoms with van der Waals surface area (Å²) in [5, 5.41) is 14.4. The molecule has 1 fully saturated rings. The number of carbonyl (C=O) groups excluding carboxylic acids is 3. The molecule has 2 rings (SSSR count). The van der Waals surface area contributed by atoms with E-state index in [-0.39, 0.29) is 35.6 Å². The topological polar surface area (TPSA) is 102 Å². The van der Waals surface area contributed by atoms with E-state index in [1.54, 1.807) is 6.07 Å². The average Bonchev–Trinajstić information content (AvgIpc) is 2.89. The fourth-order valence-corrected chi connectivity index (χ4v) is 2.99. The Kier molecular flexibility index (Phi) is 6.19. The maximum atomic E-state index is 12.2. The number of carbonyl (C=O) groups is 3. The van der Waals surface area contributed by atoms with Gasteiger partial charge in [-0.3, -0.25) is 19.3 Å². The molecule has 2 N–H and O–H groups in total. The molecule has 1 heterocycles. The molecule has 8 heteroatoms. The molecule has 0 spiro atoms. The molecule has 0 radical (unpaired) electrons. The van der Waals surface area contributed by atoms with Crippen molar-refractivity contribution in [2.75, 3.05) is 24.2 Å². The van der Waals surface area contributed by atoms with E-state index in [1.165, 1.54) is 6.20 Å². The zero-order valence-electron chi connectivity index (χ0n) is 14.0. The van der Waals surface area contributed by atoms with E-state index in [0.29, 0.717) is 5.69 Å². The Morgan fingerprint density at radius 2 is 2.16 bits per heavy atom. The van der Waals surface area contributed by atoms with Gasteiger partial charge in [0.1, 0.15) is 11.6 Å². The van der Waals surface area contributed by atoms with Crippen molar-refractivity contribution in [2.24, 2.45) is 0 Å². The molecule has 1 aliphatic rings. The van der Waals surface area contributed by atoms with Crippen molar-refractivity contribution in [2.45, 2.75) is 13.8 Å². The van der Waals surface area contributed by atoms with Gasteiger partial charge in [-0.2, -0.15) is 5.26 Å². The number of aryl methyl sites for hydroxylation is 2. The predicted octanol–water partition coefficient (Wildman–Crippen LogP) is 1.93. The van der Waals surface area contributed by atoms with Crippen molar-refractivity contribution < 1.29 is 14.4 Å². The van der Waals surface area contributed by atoms with Crippen LogP contribution in [0.5, 0.6) is 0 Å². The van der Waals surface area contributed by atoms with Gasteiger partial charge in [0.25, 0.3) is 11.1 Å². The Balaban J connectivity index is 1.90. The highest BCUT2D eigenvalue weighted by atomic mass is 32.2. The maximum absolute atomic E-state index is 12.2. The molecule has 1 aliphatic heterocycles. The number of hydrogen-bond acceptors (Lipinski definition) is 6. The first kappa shape index (κ1) is 18.5. The highest BCUT2D eigenvalue weighted by Crippen LogP contribution is 2.18. The Labute approximate surface area is 150 Å². The second-order valence-electron chi connectivity index (χ2n) is 5.50. The SMILES string of the molecule is Cc1ccc(NC(=O)/C(C#N)=C\NCCN2C(=O)CSC2=O)c(C)c1. The smallest absolute Gasteiger partial charge is 0.288 e. The monoisotopic (exact) mass is 358 g/mol. The van der Waals surface area contributed by atoms with Crippen molar-refractivity contribution in [3.63, 3.8) is 0 Å². The van der Waals surface area contributed by atoms with Gasteiger partial charge in [0.2, 0.25) is 5.91 Å². The summed E-state index contributed by atoms with van der Waals surface area (Å²) in [6.07, 6.45) is 1.29. The van der Waals surface area contributed by atoms with E-state index < -0.39 is 5.91 Å². The third-order valence-corrected chi connectivity index (χ3v) is 4.42. The number of nitriles is 1. The molecule has 0 aromatic heterocycles. The van der Waals surface area contributed by atoms with Crippen LogP contribution in [0, 0.1) is 25.2 Å². The lowest BCUT2D eigenvalue weighted by Gasteiger charge is -2.12. The predicted molar refractivity (Wildman–Crippen MR) is 95.8 cm³/mol. The van der Waals surface area contributed by atoms with Crippen LogP contribution in [0.25, 0.3) is 0 Å². The third-order valence-electron chi connectivity index (χ3n) is 3.56. The van der Waals surface area contributed by atoms with Crippen molar-refractivity contribution in [3.8, 4) is 6.07 Å². The highest BCUT2D eigenvalue weighted by molar-refractivity contribution is 8.14. The number of hydrogen-bond donors (Lipinski definition) is 2. The number of anilines is 1. The summed E-state index contributed by atoms with van der Waals surface area (Å²) in [4.78, 5) is 36.2. The lowest BCUT2D eigenvalue weighted by Crippen LogP contribution is -2.34. The molecule has 0 bridgehead atoms. The highest BCUT2D eigenvalue weighted by Gasteiger charge is 2.28. The van der Waals surface area contributed by atoms with Crippen LogP contribution in [0.2, 0.25) is 0 Å². The molecule has 0 saturated carbocycles. The zero-order chi connectivity index (χ0) is 18.4. The van der Waals surface area contributed by atoms with E-state index in [2.05, 4.69) is 10.6 Å². The molecule has 0 unspecified atom stereocenters. The van der Waals surface area contributed by atoms with Crippen LogP contribution in [-0.4, -0.2) is 40.8 Å². The van der Waals surface area contributed by atoms with Gasteiger partial charge in [-0.1, -0.05) is 29.5 Å². The first-order valence-corrected chi connectivity index (χ1v) is 8.60. The van der Waals surface area contributed by atoms with Gasteiger partial charge in [-0.05, 0) is 25.5 Å². The molecule has 7 nitrogen and oxygen atoms in total. The van der Waals surface area contributed by atoms with E-state index in [4.69, 9.17) is 5.26 Å². The Hall–Kier alpha value is -2.79. The summed E-state index contributed by atoms with van der Waals surface area (Å²) < 4.78 is 0. The van der Waals surface area contributed by atoms with Gasteiger partial charge in [0, 0.05) is 25.0 Å². The lowest BCUT2D eigenvalue weighted by molar-refractivity contribution is -0.124. The second kappa shape index (κ2) is 8.35. The third kappa shape index (κ3) is 4.84. The van der Waals surface area contributed by atoms with Crippen LogP contribution >= 0.6 is 11.8 Å². The van der Waals surface area contributed by atoms with Crippen molar-refractivity contribution in [3.05, 3.63) is 41.1 Å². The molecule has 130 valence electrons. The number of nitrogens with zero attached hydrogens (tertiary/aromatic N) is 2. The minimum absolute atomic E-state index is 0.0894. The molecule has 1 aromatic carbocycles. The molecular weight excluding hydrogens is 340 g/mol. The van der Waals surface area contributed by atoms with Gasteiger partial charge in [-0.15, -0.1) is 0 Å². The zero-order valence-corrected chi connectivity index (χ0v) is 14.8. The van der Waals surface area contributed by atoms with Gasteiger partial charge in [-0.25, -0.2) is 0 Å². The van der Waals surface area contributed by atoms with Gasteiger partial charge < -0.3 is 10.6 Å². The maximum Gasteiger partial charge on any atom is 0.288 e. The largest absolute Gasteiger partial charge is 0.388 e. The first-order chi connectivity index (χ1) is 11.9. The number of thioether (sulfide) groups is 1. The number of benzene rings is 1. The van der Waals surface area contributed by atoms with E-state index in [1.807, 2.05) is 32.0 Å². The summed E-state index contributed by atoms with van der Waals surface area (Å²) in [5.74, 6) is -0.587. The average molecular weight is 358 g/mol. The standard InChI is InChI=1S/C17H18N4O3S/c1-11-3-4-14(12(2)7-11)20-16(23)13(8-18)9-19-5-6-21-15(22)10-25-17(21)24/h3-4,7,9,19H,5-6,10H2,1-2H3,(H,20,23)/b13-9-. The summed E-state index contributed by atoms with van der Waals surface area (Å²) in [7, 11) is 0. The van der Waals surface area contributed by atoms with Crippen LogP contribution in [0.1, 0.15) is 11.1 Å². The van der Waals surface area contributed by atoms with Crippen molar-refractivity contribution in [1.29, 1.82) is 5.26 Å². The number of nitrogens with one attached hydrogen (secondary N) is 2. The van der Waals surface area contributed by atoms with E-state index >= 15 is 0 Å². The quantitative estimate of drug-likeness (QED) is 0.458. The Morgan fingerprint density at radius 3 is 2.76 bits per heavy atom. The summed E-state index contributed by atoms with van der Waals surface area (Å²) in [5.41, 5.74) is 2.54. The second-order valence-corrected chi connectivity index (χ2v) is 6.42. The molecule has 3 amide bonds. The minimum atomic E-state index is -0.522. The van der Waals surface area contributed by atoms with Gasteiger partial charge in [0.05, 0.1) is 5.75 Å². The lowest BCUT2D eigenvalue weighted by atomic mass is 10.1. The Morgan fingerprint density at radius 1 is 1.40 bits per heavy atom. The van der Waals surface area contributed by atoms with Crippen LogP contribution in [-0.2, 0) is 9.59 Å². The number of amides is 3. The molecule has 0 aliphatic carbocycles. The molecule has 25 heavy (non-hydrogen) atoms. The fourth-order valence-electron chi connectivity index (χ4n) is 2.24. The van der Waals surface area contributed by atoms with E-state index in [9.17, 15) is 14.4 Å². The molecule has 0 atom stereocenters. The molecule has 1 saturated heterocycles. The molecular formula is C17H18N4O3S.